The largest absolute Gasteiger partial charge is 0.464 e. The molecule has 2 N–H and O–H groups in total. The number of hydrogen-bond donors (Lipinski definition) is 2. The molecule has 0 amide bonds. The molecule has 4 aromatic rings. The van der Waals surface area contributed by atoms with Crippen LogP contribution in [0.2, 0.25) is 0 Å². The van der Waals surface area contributed by atoms with Crippen LogP contribution in [0.15, 0.2) is 59.5 Å². The van der Waals surface area contributed by atoms with Crippen LogP contribution in [0.25, 0.3) is 22.1 Å². The van der Waals surface area contributed by atoms with Crippen LogP contribution < -0.4 is 10.0 Å². The maximum atomic E-state index is 14.5. The minimum Gasteiger partial charge on any atom is -0.464 e. The number of nitriles is 1. The Balaban J connectivity index is 1.70. The highest BCUT2D eigenvalue weighted by molar-refractivity contribution is 7.99. The number of nitrogens with zero attached hydrogens (tertiary/aromatic N) is 3. The van der Waals surface area contributed by atoms with Crippen LogP contribution >= 0.6 is 0 Å². The minimum atomic E-state index is -2.69. The molecule has 0 bridgehead atoms. The van der Waals surface area contributed by atoms with Crippen LogP contribution in [0, 0.1) is 23.1 Å². The van der Waals surface area contributed by atoms with Crippen LogP contribution in [0.4, 0.5) is 20.4 Å². The number of nitrogens with one attached hydrogen (secondary N) is 2. The monoisotopic (exact) mass is 439 g/mol. The van der Waals surface area contributed by atoms with Gasteiger partial charge < -0.3 is 9.73 Å². The van der Waals surface area contributed by atoms with Crippen LogP contribution in [-0.2, 0) is 9.71 Å². The summed E-state index contributed by atoms with van der Waals surface area (Å²) in [4.78, 5) is 8.20. The van der Waals surface area contributed by atoms with Crippen molar-refractivity contribution >= 4 is 37.7 Å². The molecule has 3 aromatic heterocycles. The molecule has 156 valence electrons. The van der Waals surface area contributed by atoms with Crippen LogP contribution in [0.1, 0.15) is 5.56 Å². The molecule has 1 aromatic carbocycles. The van der Waals surface area contributed by atoms with E-state index in [1.165, 1.54) is 48.3 Å². The van der Waals surface area contributed by atoms with Crippen LogP contribution in [0.5, 0.6) is 0 Å². The van der Waals surface area contributed by atoms with Gasteiger partial charge in [0.25, 0.3) is 0 Å². The first-order valence-corrected chi connectivity index (χ1v) is 10.9. The Kier molecular flexibility index (Phi) is 5.27. The van der Waals surface area contributed by atoms with Crippen molar-refractivity contribution in [3.05, 3.63) is 72.3 Å². The number of furan rings is 1. The van der Waals surface area contributed by atoms with Gasteiger partial charge in [-0.2, -0.15) is 5.26 Å². The smallest absolute Gasteiger partial charge is 0.188 e. The minimum absolute atomic E-state index is 0.176. The third-order valence-electron chi connectivity index (χ3n) is 4.36. The van der Waals surface area contributed by atoms with Gasteiger partial charge in [0.1, 0.15) is 28.9 Å². The molecule has 3 heterocycles. The molecule has 0 fully saturated rings. The summed E-state index contributed by atoms with van der Waals surface area (Å²) in [5.74, 6) is -0.403. The Labute approximate surface area is 176 Å². The van der Waals surface area contributed by atoms with Crippen LogP contribution in [0.3, 0.4) is 0 Å². The number of hydrogen-bond acceptors (Lipinski definition) is 6. The molecule has 31 heavy (non-hydrogen) atoms. The molecular weight excluding hydrogens is 424 g/mol. The molecule has 0 saturated carbocycles. The van der Waals surface area contributed by atoms with E-state index in [0.29, 0.717) is 16.9 Å². The summed E-state index contributed by atoms with van der Waals surface area (Å²) in [6.45, 7) is 0. The standard InChI is InChI=1S/C21H15F2N5O2S/c1-31(29,27-12-24)11-13-4-6-25-19(8-13)28-20-9-16(18(23)10-26-20)14-2-3-17(22)15-5-7-30-21(14)15/h2-11H,1H3,(H,27,29)(H,25,26,28). The maximum absolute atomic E-state index is 14.5. The first-order valence-electron chi connectivity index (χ1n) is 8.91. The lowest BCUT2D eigenvalue weighted by molar-refractivity contribution is 0.607. The fourth-order valence-corrected chi connectivity index (χ4v) is 3.96. The number of halogens is 2. The van der Waals surface area contributed by atoms with E-state index in [2.05, 4.69) is 20.0 Å². The fraction of sp³-hybridized carbons (Fsp3) is 0.0476. The first-order chi connectivity index (χ1) is 14.9. The van der Waals surface area contributed by atoms with Crippen molar-refractivity contribution in [1.29, 1.82) is 5.26 Å². The van der Waals surface area contributed by atoms with E-state index >= 15 is 0 Å². The van der Waals surface area contributed by atoms with Crippen molar-refractivity contribution in [1.82, 2.24) is 14.7 Å². The highest BCUT2D eigenvalue weighted by atomic mass is 32.2. The van der Waals surface area contributed by atoms with Gasteiger partial charge in [-0.3, -0.25) is 0 Å². The molecule has 1 unspecified atom stereocenters. The second kappa shape index (κ2) is 8.04. The number of rotatable bonds is 5. The molecule has 0 aliphatic rings. The summed E-state index contributed by atoms with van der Waals surface area (Å²) in [6, 6.07) is 8.86. The van der Waals surface area contributed by atoms with Gasteiger partial charge in [0, 0.05) is 28.9 Å². The zero-order valence-electron chi connectivity index (χ0n) is 16.1. The Hall–Kier alpha value is -3.97. The lowest BCUT2D eigenvalue weighted by Gasteiger charge is -2.10. The predicted octanol–water partition coefficient (Wildman–Crippen LogP) is 3.96. The van der Waals surface area contributed by atoms with Crippen molar-refractivity contribution in [2.75, 3.05) is 11.6 Å². The summed E-state index contributed by atoms with van der Waals surface area (Å²) in [5, 5.41) is 13.3. The molecule has 4 rings (SSSR count). The normalized spacial score (nSPS) is 12.7. The Morgan fingerprint density at radius 1 is 1.10 bits per heavy atom. The van der Waals surface area contributed by atoms with Gasteiger partial charge in [-0.25, -0.2) is 27.7 Å². The summed E-state index contributed by atoms with van der Waals surface area (Å²) in [7, 11) is -2.69. The fourth-order valence-electron chi connectivity index (χ4n) is 3.05. The second-order valence-corrected chi connectivity index (χ2v) is 8.89. The van der Waals surface area contributed by atoms with E-state index < -0.39 is 21.3 Å². The molecule has 1 atom stereocenters. The van der Waals surface area contributed by atoms with Crippen LogP contribution in [-0.4, -0.2) is 25.8 Å². The van der Waals surface area contributed by atoms with Gasteiger partial charge in [0.05, 0.1) is 27.6 Å². The Morgan fingerprint density at radius 3 is 2.71 bits per heavy atom. The summed E-state index contributed by atoms with van der Waals surface area (Å²) >= 11 is 0. The number of fused-ring (bicyclic) bond motifs is 1. The predicted molar refractivity (Wildman–Crippen MR) is 115 cm³/mol. The van der Waals surface area contributed by atoms with Gasteiger partial charge in [0.2, 0.25) is 0 Å². The molecular formula is C21H15F2N5O2S. The van der Waals surface area contributed by atoms with Gasteiger partial charge in [-0.05, 0) is 42.0 Å². The quantitative estimate of drug-likeness (QED) is 0.277. The summed E-state index contributed by atoms with van der Waals surface area (Å²) in [6.07, 6.45) is 6.94. The second-order valence-electron chi connectivity index (χ2n) is 6.64. The molecule has 0 spiro atoms. The Bertz CT molecular complexity index is 1450. The van der Waals surface area contributed by atoms with Gasteiger partial charge >= 0.3 is 0 Å². The highest BCUT2D eigenvalue weighted by Crippen LogP contribution is 2.33. The number of pyridine rings is 2. The third-order valence-corrected chi connectivity index (χ3v) is 5.58. The lowest BCUT2D eigenvalue weighted by atomic mass is 10.0. The topological polar surface area (TPSA) is 104 Å². The van der Waals surface area contributed by atoms with E-state index in [1.54, 1.807) is 18.3 Å². The van der Waals surface area contributed by atoms with Crippen molar-refractivity contribution in [3.63, 3.8) is 0 Å². The molecule has 0 radical (unpaired) electrons. The average molecular weight is 439 g/mol. The van der Waals surface area contributed by atoms with E-state index in [-0.39, 0.29) is 22.4 Å². The SMILES string of the molecule is CS(=O)(=Cc1ccnc(Nc2cc(-c3ccc(F)c4ccoc34)c(F)cn2)c1)NC#N. The highest BCUT2D eigenvalue weighted by Gasteiger charge is 2.15. The lowest BCUT2D eigenvalue weighted by Crippen LogP contribution is -2.18. The van der Waals surface area contributed by atoms with E-state index in [1.807, 2.05) is 0 Å². The Morgan fingerprint density at radius 2 is 1.90 bits per heavy atom. The van der Waals surface area contributed by atoms with Crippen molar-refractivity contribution in [2.45, 2.75) is 0 Å². The van der Waals surface area contributed by atoms with E-state index in [4.69, 9.17) is 9.68 Å². The van der Waals surface area contributed by atoms with Crippen molar-refractivity contribution in [2.24, 2.45) is 0 Å². The van der Waals surface area contributed by atoms with E-state index in [9.17, 15) is 13.0 Å². The molecule has 0 aliphatic carbocycles. The zero-order chi connectivity index (χ0) is 22.0. The molecule has 7 nitrogen and oxygen atoms in total. The number of aromatic nitrogens is 2. The number of benzene rings is 1. The van der Waals surface area contributed by atoms with Gasteiger partial charge in [-0.15, -0.1) is 0 Å². The van der Waals surface area contributed by atoms with Crippen molar-refractivity contribution in [3.8, 4) is 17.3 Å². The molecule has 10 heteroatoms. The van der Waals surface area contributed by atoms with Gasteiger partial charge in [0.15, 0.2) is 6.19 Å². The third kappa shape index (κ3) is 4.31. The summed E-state index contributed by atoms with van der Waals surface area (Å²) in [5.41, 5.74) is 1.35. The van der Waals surface area contributed by atoms with Gasteiger partial charge in [-0.1, -0.05) is 0 Å². The zero-order valence-corrected chi connectivity index (χ0v) is 16.9. The van der Waals surface area contributed by atoms with Crippen molar-refractivity contribution < 1.29 is 17.4 Å². The number of anilines is 2. The maximum Gasteiger partial charge on any atom is 0.188 e. The average Bonchev–Trinajstić information content (AvgIpc) is 3.21. The van der Waals surface area contributed by atoms with E-state index in [0.717, 1.165) is 6.20 Å². The first kappa shape index (κ1) is 20.3. The summed E-state index contributed by atoms with van der Waals surface area (Å²) < 4.78 is 48.3. The molecule has 0 saturated heterocycles. The molecule has 0 aliphatic heterocycles.